The Labute approximate surface area is 126 Å². The second-order valence-corrected chi connectivity index (χ2v) is 6.72. The summed E-state index contributed by atoms with van der Waals surface area (Å²) in [7, 11) is 2.20. The van der Waals surface area contributed by atoms with E-state index in [1.165, 1.54) is 19.5 Å². The lowest BCUT2D eigenvalue weighted by molar-refractivity contribution is 0.0582. The Kier molecular flexibility index (Phi) is 4.02. The fourth-order valence-electron chi connectivity index (χ4n) is 3.82. The van der Waals surface area contributed by atoms with Crippen molar-refractivity contribution >= 4 is 5.91 Å². The van der Waals surface area contributed by atoms with Crippen LogP contribution in [0.15, 0.2) is 12.3 Å². The van der Waals surface area contributed by atoms with E-state index in [4.69, 9.17) is 0 Å². The average molecular weight is 290 g/mol. The van der Waals surface area contributed by atoms with Gasteiger partial charge in [0.25, 0.3) is 5.91 Å². The Morgan fingerprint density at radius 3 is 2.62 bits per heavy atom. The van der Waals surface area contributed by atoms with Gasteiger partial charge in [0.1, 0.15) is 5.69 Å². The second kappa shape index (κ2) is 5.79. The third-order valence-electron chi connectivity index (χ3n) is 5.11. The number of hydrogen-bond acceptors (Lipinski definition) is 3. The minimum atomic E-state index is 0.155. The van der Waals surface area contributed by atoms with E-state index in [-0.39, 0.29) is 5.91 Å². The molecule has 3 heterocycles. The molecule has 1 amide bonds. The third kappa shape index (κ3) is 2.84. The van der Waals surface area contributed by atoms with Crippen LogP contribution >= 0.6 is 0 Å². The van der Waals surface area contributed by atoms with Gasteiger partial charge < -0.3 is 9.80 Å². The summed E-state index contributed by atoms with van der Waals surface area (Å²) in [4.78, 5) is 17.1. The molecular weight excluding hydrogens is 264 g/mol. The maximum Gasteiger partial charge on any atom is 0.272 e. The van der Waals surface area contributed by atoms with Gasteiger partial charge in [0.2, 0.25) is 0 Å². The van der Waals surface area contributed by atoms with Gasteiger partial charge in [0.15, 0.2) is 0 Å². The summed E-state index contributed by atoms with van der Waals surface area (Å²) in [6.07, 6.45) is 6.31. The van der Waals surface area contributed by atoms with Crippen molar-refractivity contribution in [3.05, 3.63) is 18.0 Å². The lowest BCUT2D eigenvalue weighted by atomic mass is 9.78. The van der Waals surface area contributed by atoms with Gasteiger partial charge in [-0.3, -0.25) is 9.48 Å². The van der Waals surface area contributed by atoms with Gasteiger partial charge in [0.05, 0.1) is 0 Å². The molecule has 2 aliphatic rings. The summed E-state index contributed by atoms with van der Waals surface area (Å²) in [5.41, 5.74) is 1.21. The van der Waals surface area contributed by atoms with Crippen LogP contribution < -0.4 is 0 Å². The lowest BCUT2D eigenvalue weighted by Crippen LogP contribution is -2.44. The fraction of sp³-hybridized carbons (Fsp3) is 0.750. The number of nitrogens with zero attached hydrogens (tertiary/aromatic N) is 4. The molecule has 3 rings (SSSR count). The van der Waals surface area contributed by atoms with Crippen LogP contribution in [0.5, 0.6) is 0 Å². The lowest BCUT2D eigenvalue weighted by Gasteiger charge is -2.39. The highest BCUT2D eigenvalue weighted by atomic mass is 16.2. The molecule has 5 nitrogen and oxygen atoms in total. The van der Waals surface area contributed by atoms with Crippen molar-refractivity contribution in [2.75, 3.05) is 33.2 Å². The third-order valence-corrected chi connectivity index (χ3v) is 5.11. The van der Waals surface area contributed by atoms with E-state index >= 15 is 0 Å². The van der Waals surface area contributed by atoms with E-state index < -0.39 is 0 Å². The topological polar surface area (TPSA) is 41.4 Å². The number of likely N-dealkylation sites (tertiary alicyclic amines) is 2. The number of aromatic nitrogens is 2. The zero-order valence-electron chi connectivity index (χ0n) is 13.2. The minimum Gasteiger partial charge on any atom is -0.337 e. The SMILES string of the molecule is CCCn1nccc1C(=O)N1CCC2(CCN(C)C2)CC1. The quantitative estimate of drug-likeness (QED) is 0.853. The number of carbonyl (C=O) groups excluding carboxylic acids is 1. The van der Waals surface area contributed by atoms with E-state index in [2.05, 4.69) is 24.0 Å². The van der Waals surface area contributed by atoms with Crippen molar-refractivity contribution in [3.63, 3.8) is 0 Å². The molecular formula is C16H26N4O. The van der Waals surface area contributed by atoms with Gasteiger partial charge in [-0.2, -0.15) is 5.10 Å². The average Bonchev–Trinajstić information content (AvgIpc) is 3.07. The first-order valence-corrected chi connectivity index (χ1v) is 8.13. The van der Waals surface area contributed by atoms with Gasteiger partial charge in [-0.1, -0.05) is 6.92 Å². The van der Waals surface area contributed by atoms with E-state index in [0.717, 1.165) is 44.6 Å². The van der Waals surface area contributed by atoms with E-state index in [1.54, 1.807) is 6.20 Å². The molecule has 1 spiro atoms. The molecule has 0 N–H and O–H groups in total. The van der Waals surface area contributed by atoms with Gasteiger partial charge in [0, 0.05) is 32.4 Å². The molecule has 1 aromatic rings. The van der Waals surface area contributed by atoms with E-state index in [9.17, 15) is 4.79 Å². The number of hydrogen-bond donors (Lipinski definition) is 0. The Hall–Kier alpha value is -1.36. The standard InChI is InChI=1S/C16H26N4O/c1-3-9-20-14(4-8-17-20)15(21)19-11-6-16(7-12-19)5-10-18(2)13-16/h4,8H,3,5-7,9-13H2,1-2H3. The van der Waals surface area contributed by atoms with Crippen molar-refractivity contribution in [1.29, 1.82) is 0 Å². The second-order valence-electron chi connectivity index (χ2n) is 6.72. The Balaban J connectivity index is 1.64. The van der Waals surface area contributed by atoms with Crippen LogP contribution in [0.3, 0.4) is 0 Å². The maximum atomic E-state index is 12.7. The maximum absolute atomic E-state index is 12.7. The van der Waals surface area contributed by atoms with E-state index in [1.807, 2.05) is 15.6 Å². The molecule has 0 unspecified atom stereocenters. The summed E-state index contributed by atoms with van der Waals surface area (Å²) in [5, 5.41) is 4.27. The van der Waals surface area contributed by atoms with Crippen molar-refractivity contribution in [2.45, 2.75) is 39.2 Å². The molecule has 0 saturated carbocycles. The molecule has 0 aliphatic carbocycles. The molecule has 0 aromatic carbocycles. The van der Waals surface area contributed by atoms with Crippen LogP contribution in [0.25, 0.3) is 0 Å². The van der Waals surface area contributed by atoms with Crippen LogP contribution in [0.2, 0.25) is 0 Å². The summed E-state index contributed by atoms with van der Waals surface area (Å²) < 4.78 is 1.84. The van der Waals surface area contributed by atoms with Gasteiger partial charge in [-0.05, 0) is 50.8 Å². The van der Waals surface area contributed by atoms with Crippen LogP contribution in [0.4, 0.5) is 0 Å². The summed E-state index contributed by atoms with van der Waals surface area (Å²) in [5.74, 6) is 0.155. The highest BCUT2D eigenvalue weighted by Gasteiger charge is 2.40. The molecule has 2 fully saturated rings. The Bertz CT molecular complexity index is 502. The fourth-order valence-corrected chi connectivity index (χ4v) is 3.82. The zero-order valence-corrected chi connectivity index (χ0v) is 13.2. The van der Waals surface area contributed by atoms with Gasteiger partial charge >= 0.3 is 0 Å². The molecule has 21 heavy (non-hydrogen) atoms. The van der Waals surface area contributed by atoms with Gasteiger partial charge in [-0.15, -0.1) is 0 Å². The highest BCUT2D eigenvalue weighted by Crippen LogP contribution is 2.39. The minimum absolute atomic E-state index is 0.155. The highest BCUT2D eigenvalue weighted by molar-refractivity contribution is 5.92. The Morgan fingerprint density at radius 1 is 1.29 bits per heavy atom. The zero-order chi connectivity index (χ0) is 14.9. The predicted molar refractivity (Wildman–Crippen MR) is 82.2 cm³/mol. The molecule has 0 atom stereocenters. The van der Waals surface area contributed by atoms with Crippen LogP contribution in [0, 0.1) is 5.41 Å². The van der Waals surface area contributed by atoms with Crippen LogP contribution in [-0.4, -0.2) is 58.7 Å². The van der Waals surface area contributed by atoms with Crippen molar-refractivity contribution in [2.24, 2.45) is 5.41 Å². The molecule has 2 aliphatic heterocycles. The number of rotatable bonds is 3. The summed E-state index contributed by atoms with van der Waals surface area (Å²) >= 11 is 0. The molecule has 5 heteroatoms. The molecule has 0 radical (unpaired) electrons. The normalized spacial score (nSPS) is 22.1. The summed E-state index contributed by atoms with van der Waals surface area (Å²) in [6.45, 7) is 7.11. The van der Waals surface area contributed by atoms with Crippen LogP contribution in [0.1, 0.15) is 43.1 Å². The molecule has 0 bridgehead atoms. The van der Waals surface area contributed by atoms with Gasteiger partial charge in [-0.25, -0.2) is 0 Å². The number of piperidine rings is 1. The van der Waals surface area contributed by atoms with Crippen molar-refractivity contribution < 1.29 is 4.79 Å². The van der Waals surface area contributed by atoms with Crippen LogP contribution in [-0.2, 0) is 6.54 Å². The van der Waals surface area contributed by atoms with Crippen molar-refractivity contribution in [3.8, 4) is 0 Å². The molecule has 1 aromatic heterocycles. The number of aryl methyl sites for hydroxylation is 1. The first-order valence-electron chi connectivity index (χ1n) is 8.13. The van der Waals surface area contributed by atoms with Crippen molar-refractivity contribution in [1.82, 2.24) is 19.6 Å². The number of carbonyl (C=O) groups is 1. The monoisotopic (exact) mass is 290 g/mol. The first kappa shape index (κ1) is 14.6. The smallest absolute Gasteiger partial charge is 0.272 e. The molecule has 2 saturated heterocycles. The Morgan fingerprint density at radius 2 is 2.00 bits per heavy atom. The predicted octanol–water partition coefficient (Wildman–Crippen LogP) is 1.85. The number of amides is 1. The summed E-state index contributed by atoms with van der Waals surface area (Å²) in [6, 6.07) is 1.85. The largest absolute Gasteiger partial charge is 0.337 e. The van der Waals surface area contributed by atoms with E-state index in [0.29, 0.717) is 5.41 Å². The molecule has 116 valence electrons. The first-order chi connectivity index (χ1) is 10.1.